The van der Waals surface area contributed by atoms with E-state index in [1.165, 1.54) is 0 Å². The molecule has 2 rings (SSSR count). The molecule has 0 bridgehead atoms. The number of piperazine rings is 1. The van der Waals surface area contributed by atoms with E-state index in [4.69, 9.17) is 0 Å². The Bertz CT molecular complexity index is 215. The Morgan fingerprint density at radius 1 is 1.33 bits per heavy atom. The molecule has 2 heterocycles. The Kier molecular flexibility index (Phi) is 1.99. The van der Waals surface area contributed by atoms with Gasteiger partial charge in [-0.3, -0.25) is 0 Å². The minimum absolute atomic E-state index is 0.735. The van der Waals surface area contributed by atoms with E-state index in [1.807, 2.05) is 0 Å². The van der Waals surface area contributed by atoms with Gasteiger partial charge in [0.1, 0.15) is 0 Å². The summed E-state index contributed by atoms with van der Waals surface area (Å²) in [4.78, 5) is 6.60. The highest BCUT2D eigenvalue weighted by Gasteiger charge is 2.17. The third kappa shape index (κ3) is 1.43. The van der Waals surface area contributed by atoms with Crippen LogP contribution in [0.5, 0.6) is 0 Å². The van der Waals surface area contributed by atoms with Crippen LogP contribution in [0.25, 0.3) is 0 Å². The van der Waals surface area contributed by atoms with E-state index >= 15 is 0 Å². The molecule has 1 saturated heterocycles. The molecule has 0 unspecified atom stereocenters. The molecule has 2 N–H and O–H groups in total. The molecule has 12 heavy (non-hydrogen) atoms. The summed E-state index contributed by atoms with van der Waals surface area (Å²) in [6.07, 6.45) is 0. The van der Waals surface area contributed by atoms with E-state index in [9.17, 15) is 0 Å². The Balaban J connectivity index is 1.95. The number of hydrogen-bond acceptors (Lipinski definition) is 4. The second-order valence-electron chi connectivity index (χ2n) is 3.11. The molecule has 0 atom stereocenters. The molecule has 2 aliphatic heterocycles. The van der Waals surface area contributed by atoms with Gasteiger partial charge in [0.25, 0.3) is 0 Å². The number of aliphatic imine (C=N–C) groups is 1. The van der Waals surface area contributed by atoms with Gasteiger partial charge in [-0.2, -0.15) is 0 Å². The summed E-state index contributed by atoms with van der Waals surface area (Å²) in [6, 6.07) is 0. The fourth-order valence-electron chi connectivity index (χ4n) is 1.46. The molecule has 0 spiro atoms. The Labute approximate surface area is 72.3 Å². The van der Waals surface area contributed by atoms with Gasteiger partial charge in [0.05, 0.1) is 6.54 Å². The highest BCUT2D eigenvalue weighted by atomic mass is 15.3. The predicted octanol–water partition coefficient (Wildman–Crippen LogP) is -0.635. The van der Waals surface area contributed by atoms with Crippen LogP contribution < -0.4 is 10.6 Å². The van der Waals surface area contributed by atoms with Crippen LogP contribution in [-0.4, -0.2) is 43.6 Å². The van der Waals surface area contributed by atoms with Crippen molar-refractivity contribution in [2.45, 2.75) is 0 Å². The van der Waals surface area contributed by atoms with Crippen molar-refractivity contribution in [1.82, 2.24) is 15.5 Å². The maximum Gasteiger partial charge on any atom is 0.198 e. The number of nitrogens with zero attached hydrogens (tertiary/aromatic N) is 2. The molecule has 0 aliphatic carbocycles. The molecule has 4 heteroatoms. The predicted molar refractivity (Wildman–Crippen MR) is 49.0 cm³/mol. The van der Waals surface area contributed by atoms with Crippen molar-refractivity contribution in [1.29, 1.82) is 0 Å². The number of guanidine groups is 1. The lowest BCUT2D eigenvalue weighted by atomic mass is 10.4. The number of nitrogens with one attached hydrogen (secondary N) is 2. The van der Waals surface area contributed by atoms with Crippen LogP contribution in [0.2, 0.25) is 0 Å². The molecule has 66 valence electrons. The van der Waals surface area contributed by atoms with Crippen LogP contribution >= 0.6 is 0 Å². The van der Waals surface area contributed by atoms with Crippen LogP contribution in [0.15, 0.2) is 17.3 Å². The third-order valence-electron chi connectivity index (χ3n) is 2.12. The van der Waals surface area contributed by atoms with Crippen molar-refractivity contribution < 1.29 is 0 Å². The topological polar surface area (TPSA) is 39.7 Å². The molecule has 0 aromatic heterocycles. The minimum atomic E-state index is 0.735. The van der Waals surface area contributed by atoms with Gasteiger partial charge in [-0.15, -0.1) is 0 Å². The molecular weight excluding hydrogens is 152 g/mol. The van der Waals surface area contributed by atoms with Gasteiger partial charge in [0, 0.05) is 31.9 Å². The molecule has 2 aliphatic rings. The average molecular weight is 166 g/mol. The lowest BCUT2D eigenvalue weighted by Gasteiger charge is -2.28. The number of rotatable bonds is 0. The van der Waals surface area contributed by atoms with Gasteiger partial charge in [-0.25, -0.2) is 4.99 Å². The van der Waals surface area contributed by atoms with Crippen molar-refractivity contribution >= 4 is 5.96 Å². The largest absolute Gasteiger partial charge is 0.340 e. The van der Waals surface area contributed by atoms with E-state index in [1.54, 1.807) is 0 Å². The second-order valence-corrected chi connectivity index (χ2v) is 3.11. The standard InChI is InChI=1S/C8H14N4/c1-7-6-10-8(11-7)12-4-2-9-3-5-12/h9H,1-6H2,(H,10,11). The van der Waals surface area contributed by atoms with Crippen LogP contribution in [0.4, 0.5) is 0 Å². The smallest absolute Gasteiger partial charge is 0.198 e. The highest BCUT2D eigenvalue weighted by Crippen LogP contribution is 2.02. The lowest BCUT2D eigenvalue weighted by Crippen LogP contribution is -2.49. The van der Waals surface area contributed by atoms with Gasteiger partial charge in [0.2, 0.25) is 0 Å². The first-order valence-electron chi connectivity index (χ1n) is 4.31. The second kappa shape index (κ2) is 3.15. The van der Waals surface area contributed by atoms with Gasteiger partial charge in [-0.1, -0.05) is 6.58 Å². The van der Waals surface area contributed by atoms with E-state index in [2.05, 4.69) is 27.1 Å². The summed E-state index contributed by atoms with van der Waals surface area (Å²) in [5.41, 5.74) is 1.00. The van der Waals surface area contributed by atoms with E-state index < -0.39 is 0 Å². The summed E-state index contributed by atoms with van der Waals surface area (Å²) < 4.78 is 0. The van der Waals surface area contributed by atoms with Gasteiger partial charge < -0.3 is 15.5 Å². The van der Waals surface area contributed by atoms with Crippen LogP contribution in [-0.2, 0) is 0 Å². The minimum Gasteiger partial charge on any atom is -0.340 e. The van der Waals surface area contributed by atoms with Crippen LogP contribution in [0.3, 0.4) is 0 Å². The van der Waals surface area contributed by atoms with Crippen molar-refractivity contribution in [3.63, 3.8) is 0 Å². The molecule has 4 nitrogen and oxygen atoms in total. The fourth-order valence-corrected chi connectivity index (χ4v) is 1.46. The summed E-state index contributed by atoms with van der Waals surface area (Å²) in [6.45, 7) is 8.75. The molecule has 0 aromatic rings. The van der Waals surface area contributed by atoms with Crippen molar-refractivity contribution in [2.24, 2.45) is 4.99 Å². The first kappa shape index (κ1) is 7.61. The van der Waals surface area contributed by atoms with Gasteiger partial charge in [-0.05, 0) is 0 Å². The zero-order chi connectivity index (χ0) is 8.39. The first-order chi connectivity index (χ1) is 5.86. The van der Waals surface area contributed by atoms with Crippen molar-refractivity contribution in [2.75, 3.05) is 32.7 Å². The summed E-state index contributed by atoms with van der Waals surface area (Å²) in [5, 5.41) is 6.48. The maximum absolute atomic E-state index is 4.34. The first-order valence-corrected chi connectivity index (χ1v) is 4.31. The van der Waals surface area contributed by atoms with Crippen molar-refractivity contribution in [3.8, 4) is 0 Å². The monoisotopic (exact) mass is 166 g/mol. The zero-order valence-corrected chi connectivity index (χ0v) is 7.14. The maximum atomic E-state index is 4.34. The summed E-state index contributed by atoms with van der Waals surface area (Å²) in [7, 11) is 0. The van der Waals surface area contributed by atoms with Crippen molar-refractivity contribution in [3.05, 3.63) is 12.3 Å². The summed E-state index contributed by atoms with van der Waals surface area (Å²) in [5.74, 6) is 1.00. The zero-order valence-electron chi connectivity index (χ0n) is 7.14. The highest BCUT2D eigenvalue weighted by molar-refractivity contribution is 5.84. The molecule has 0 saturated carbocycles. The average Bonchev–Trinajstić information content (AvgIpc) is 2.54. The lowest BCUT2D eigenvalue weighted by molar-refractivity contribution is 0.351. The van der Waals surface area contributed by atoms with Crippen LogP contribution in [0.1, 0.15) is 0 Å². The SMILES string of the molecule is C=C1CN=C(N2CCNCC2)N1. The fraction of sp³-hybridized carbons (Fsp3) is 0.625. The quantitative estimate of drug-likeness (QED) is 0.503. The van der Waals surface area contributed by atoms with E-state index in [-0.39, 0.29) is 0 Å². The molecular formula is C8H14N4. The Morgan fingerprint density at radius 2 is 2.08 bits per heavy atom. The van der Waals surface area contributed by atoms with Gasteiger partial charge in [0.15, 0.2) is 5.96 Å². The molecule has 0 amide bonds. The van der Waals surface area contributed by atoms with E-state index in [0.29, 0.717) is 0 Å². The number of hydrogen-bond donors (Lipinski definition) is 2. The van der Waals surface area contributed by atoms with Crippen LogP contribution in [0, 0.1) is 0 Å². The molecule has 0 radical (unpaired) electrons. The molecule has 0 aromatic carbocycles. The van der Waals surface area contributed by atoms with E-state index in [0.717, 1.165) is 44.4 Å². The Hall–Kier alpha value is -1.03. The Morgan fingerprint density at radius 3 is 2.67 bits per heavy atom. The normalized spacial score (nSPS) is 23.8. The third-order valence-corrected chi connectivity index (χ3v) is 2.12. The summed E-state index contributed by atoms with van der Waals surface area (Å²) >= 11 is 0. The molecule has 1 fully saturated rings. The van der Waals surface area contributed by atoms with Gasteiger partial charge >= 0.3 is 0 Å².